The second-order valence-corrected chi connectivity index (χ2v) is 8.43. The highest BCUT2D eigenvalue weighted by Gasteiger charge is 2.36. The molecule has 0 aliphatic rings. The van der Waals surface area contributed by atoms with Gasteiger partial charge in [0, 0.05) is 10.9 Å². The maximum absolute atomic E-state index is 13.2. The summed E-state index contributed by atoms with van der Waals surface area (Å²) in [4.78, 5) is 0.493. The van der Waals surface area contributed by atoms with Crippen LogP contribution in [-0.2, 0) is 21.4 Å². The van der Waals surface area contributed by atoms with Crippen LogP contribution >= 0.6 is 11.3 Å². The quantitative estimate of drug-likeness (QED) is 0.640. The molecule has 5 nitrogen and oxygen atoms in total. The Kier molecular flexibility index (Phi) is 5.24. The monoisotopic (exact) mass is 399 g/mol. The maximum Gasteiger partial charge on any atom is 0.215 e. The molecule has 26 heavy (non-hydrogen) atoms. The van der Waals surface area contributed by atoms with Crippen molar-refractivity contribution in [2.45, 2.75) is 11.4 Å². The predicted molar refractivity (Wildman–Crippen MR) is 93.0 cm³/mol. The molecule has 0 spiro atoms. The molecule has 0 saturated carbocycles. The molecule has 2 aromatic heterocycles. The van der Waals surface area contributed by atoms with Gasteiger partial charge in [0.25, 0.3) is 0 Å². The number of furan rings is 1. The van der Waals surface area contributed by atoms with E-state index in [0.29, 0.717) is 10.9 Å². The van der Waals surface area contributed by atoms with Crippen LogP contribution in [0.2, 0.25) is 0 Å². The molecule has 0 aliphatic carbocycles. The SMILES string of the molecule is O=S(=O)(Cc1cc(F)cc(F)c1)NCC(O)(c1ccco1)c1cccs1. The molecule has 9 heteroatoms. The zero-order valence-electron chi connectivity index (χ0n) is 13.4. The van der Waals surface area contributed by atoms with Crippen LogP contribution in [-0.4, -0.2) is 20.1 Å². The molecule has 0 bridgehead atoms. The van der Waals surface area contributed by atoms with Crippen LogP contribution in [0.1, 0.15) is 16.2 Å². The molecule has 3 rings (SSSR count). The molecular weight excluding hydrogens is 384 g/mol. The second kappa shape index (κ2) is 7.28. The van der Waals surface area contributed by atoms with Gasteiger partial charge in [-0.25, -0.2) is 21.9 Å². The number of benzene rings is 1. The van der Waals surface area contributed by atoms with Crippen LogP contribution in [0.3, 0.4) is 0 Å². The van der Waals surface area contributed by atoms with E-state index in [4.69, 9.17) is 4.42 Å². The Hall–Kier alpha value is -2.07. The first kappa shape index (κ1) is 18.7. The van der Waals surface area contributed by atoms with E-state index >= 15 is 0 Å². The van der Waals surface area contributed by atoms with Gasteiger partial charge in [-0.15, -0.1) is 11.3 Å². The molecule has 0 fully saturated rings. The summed E-state index contributed by atoms with van der Waals surface area (Å²) in [5, 5.41) is 12.8. The lowest BCUT2D eigenvalue weighted by Gasteiger charge is -2.25. The van der Waals surface area contributed by atoms with Crippen molar-refractivity contribution in [3.63, 3.8) is 0 Å². The Bertz CT molecular complexity index is 916. The fourth-order valence-corrected chi connectivity index (χ4v) is 4.47. The number of rotatable bonds is 7. The molecule has 0 amide bonds. The lowest BCUT2D eigenvalue weighted by molar-refractivity contribution is 0.0655. The second-order valence-electron chi connectivity index (χ2n) is 5.67. The summed E-state index contributed by atoms with van der Waals surface area (Å²) < 4.78 is 58.7. The Morgan fingerprint density at radius 1 is 1.15 bits per heavy atom. The highest BCUT2D eigenvalue weighted by atomic mass is 32.2. The van der Waals surface area contributed by atoms with Gasteiger partial charge >= 0.3 is 0 Å². The largest absolute Gasteiger partial charge is 0.466 e. The van der Waals surface area contributed by atoms with E-state index in [2.05, 4.69) is 4.72 Å². The number of hydrogen-bond acceptors (Lipinski definition) is 5. The van der Waals surface area contributed by atoms with Crippen LogP contribution in [0.4, 0.5) is 8.78 Å². The number of aliphatic hydroxyl groups is 1. The molecule has 138 valence electrons. The van der Waals surface area contributed by atoms with E-state index in [-0.39, 0.29) is 17.9 Å². The van der Waals surface area contributed by atoms with E-state index in [1.54, 1.807) is 23.6 Å². The molecule has 2 heterocycles. The van der Waals surface area contributed by atoms with E-state index in [9.17, 15) is 22.3 Å². The van der Waals surface area contributed by atoms with Crippen LogP contribution in [0.5, 0.6) is 0 Å². The van der Waals surface area contributed by atoms with Gasteiger partial charge in [0.15, 0.2) is 5.60 Å². The third kappa shape index (κ3) is 4.18. The third-order valence-electron chi connectivity index (χ3n) is 3.68. The van der Waals surface area contributed by atoms with Crippen LogP contribution < -0.4 is 4.72 Å². The minimum atomic E-state index is -3.96. The summed E-state index contributed by atoms with van der Waals surface area (Å²) in [5.74, 6) is -2.17. The molecule has 1 atom stereocenters. The van der Waals surface area contributed by atoms with Gasteiger partial charge in [-0.1, -0.05) is 6.07 Å². The molecule has 2 N–H and O–H groups in total. The molecular formula is C17H15F2NO4S2. The average molecular weight is 399 g/mol. The van der Waals surface area contributed by atoms with E-state index in [1.165, 1.54) is 23.7 Å². The van der Waals surface area contributed by atoms with Gasteiger partial charge < -0.3 is 9.52 Å². The first-order valence-corrected chi connectivity index (χ1v) is 10.0. The van der Waals surface area contributed by atoms with Gasteiger partial charge in [-0.2, -0.15) is 0 Å². The summed E-state index contributed by atoms with van der Waals surface area (Å²) in [6.07, 6.45) is 1.37. The fourth-order valence-electron chi connectivity index (χ4n) is 2.50. The Balaban J connectivity index is 1.80. The first-order valence-electron chi connectivity index (χ1n) is 7.51. The smallest absolute Gasteiger partial charge is 0.215 e. The summed E-state index contributed by atoms with van der Waals surface area (Å²) in [6.45, 7) is -0.388. The van der Waals surface area contributed by atoms with Gasteiger partial charge in [-0.3, -0.25) is 0 Å². The highest BCUT2D eigenvalue weighted by Crippen LogP contribution is 2.32. The molecule has 1 aromatic carbocycles. The highest BCUT2D eigenvalue weighted by molar-refractivity contribution is 7.88. The number of nitrogens with one attached hydrogen (secondary N) is 1. The summed E-state index contributed by atoms with van der Waals surface area (Å²) in [7, 11) is -3.96. The topological polar surface area (TPSA) is 79.5 Å². The van der Waals surface area contributed by atoms with Crippen molar-refractivity contribution >= 4 is 21.4 Å². The first-order chi connectivity index (χ1) is 12.3. The Morgan fingerprint density at radius 2 is 1.88 bits per heavy atom. The zero-order valence-corrected chi connectivity index (χ0v) is 15.0. The van der Waals surface area contributed by atoms with E-state index in [1.807, 2.05) is 0 Å². The number of hydrogen-bond donors (Lipinski definition) is 2. The summed E-state index contributed by atoms with van der Waals surface area (Å²) in [6, 6.07) is 9.05. The zero-order chi connectivity index (χ0) is 18.8. The average Bonchev–Trinajstić information content (AvgIpc) is 3.25. The lowest BCUT2D eigenvalue weighted by Crippen LogP contribution is -2.41. The lowest BCUT2D eigenvalue weighted by atomic mass is 9.99. The van der Waals surface area contributed by atoms with Crippen molar-refractivity contribution < 1.29 is 26.7 Å². The number of halogens is 2. The molecule has 0 radical (unpaired) electrons. The van der Waals surface area contributed by atoms with Crippen LogP contribution in [0, 0.1) is 11.6 Å². The molecule has 3 aromatic rings. The standard InChI is InChI=1S/C17H15F2NO4S2/c18-13-7-12(8-14(19)9-13)10-26(22,23)20-11-17(21,15-3-1-5-24-15)16-4-2-6-25-16/h1-9,20-21H,10-11H2. The predicted octanol–water partition coefficient (Wildman–Crippen LogP) is 2.97. The Morgan fingerprint density at radius 3 is 2.46 bits per heavy atom. The van der Waals surface area contributed by atoms with Crippen molar-refractivity contribution in [2.75, 3.05) is 6.54 Å². The molecule has 1 unspecified atom stereocenters. The number of sulfonamides is 1. The normalized spacial score (nSPS) is 14.3. The molecule has 0 aliphatic heterocycles. The van der Waals surface area contributed by atoms with Crippen molar-refractivity contribution in [2.24, 2.45) is 0 Å². The minimum Gasteiger partial charge on any atom is -0.466 e. The third-order valence-corrected chi connectivity index (χ3v) is 6.00. The van der Waals surface area contributed by atoms with Crippen LogP contribution in [0.25, 0.3) is 0 Å². The Labute approximate surface area is 153 Å². The van der Waals surface area contributed by atoms with E-state index in [0.717, 1.165) is 12.1 Å². The minimum absolute atomic E-state index is 0.0346. The maximum atomic E-state index is 13.2. The van der Waals surface area contributed by atoms with Crippen molar-refractivity contribution in [1.29, 1.82) is 0 Å². The van der Waals surface area contributed by atoms with Crippen molar-refractivity contribution in [3.8, 4) is 0 Å². The van der Waals surface area contributed by atoms with E-state index < -0.39 is 33.0 Å². The van der Waals surface area contributed by atoms with Gasteiger partial charge in [-0.05, 0) is 41.3 Å². The number of thiophene rings is 1. The fraction of sp³-hybridized carbons (Fsp3) is 0.176. The van der Waals surface area contributed by atoms with Gasteiger partial charge in [0.2, 0.25) is 10.0 Å². The van der Waals surface area contributed by atoms with Crippen molar-refractivity contribution in [1.82, 2.24) is 4.72 Å². The van der Waals surface area contributed by atoms with Crippen molar-refractivity contribution in [3.05, 3.63) is 81.9 Å². The van der Waals surface area contributed by atoms with Gasteiger partial charge in [0.1, 0.15) is 17.4 Å². The van der Waals surface area contributed by atoms with Gasteiger partial charge in [0.05, 0.1) is 18.6 Å². The molecule has 0 saturated heterocycles. The summed E-state index contributed by atoms with van der Waals surface area (Å²) in [5.41, 5.74) is -1.73. The summed E-state index contributed by atoms with van der Waals surface area (Å²) >= 11 is 1.24. The van der Waals surface area contributed by atoms with Crippen LogP contribution in [0.15, 0.2) is 58.5 Å².